The van der Waals surface area contributed by atoms with Gasteiger partial charge in [-0.2, -0.15) is 0 Å². The first kappa shape index (κ1) is 14.2. The maximum Gasteiger partial charge on any atom is 0.337 e. The fourth-order valence-electron chi connectivity index (χ4n) is 1.72. The Balaban J connectivity index is 2.47. The zero-order chi connectivity index (χ0) is 15.2. The Hall–Kier alpha value is -3.22. The minimum absolute atomic E-state index is 0.00801. The van der Waals surface area contributed by atoms with Crippen molar-refractivity contribution in [1.82, 2.24) is 4.98 Å². The van der Waals surface area contributed by atoms with Crippen molar-refractivity contribution in [2.45, 2.75) is 0 Å². The number of aliphatic imine (C=N–C) groups is 1. The molecule has 0 saturated heterocycles. The van der Waals surface area contributed by atoms with Gasteiger partial charge in [0, 0.05) is 6.20 Å². The topological polar surface area (TPSA) is 118 Å². The van der Waals surface area contributed by atoms with Gasteiger partial charge in [-0.1, -0.05) is 12.1 Å². The van der Waals surface area contributed by atoms with Crippen LogP contribution in [0, 0.1) is 0 Å². The Morgan fingerprint density at radius 3 is 2.76 bits per heavy atom. The summed E-state index contributed by atoms with van der Waals surface area (Å²) in [5, 5.41) is 11.6. The van der Waals surface area contributed by atoms with E-state index in [0.29, 0.717) is 12.1 Å². The highest BCUT2D eigenvalue weighted by molar-refractivity contribution is 6.04. The smallest absolute Gasteiger partial charge is 0.337 e. The number of benzene rings is 1. The summed E-state index contributed by atoms with van der Waals surface area (Å²) in [6, 6.07) is 9.46. The minimum Gasteiger partial charge on any atom is -0.478 e. The fourth-order valence-corrected chi connectivity index (χ4v) is 1.72. The minimum atomic E-state index is -1.10. The Morgan fingerprint density at radius 1 is 1.29 bits per heavy atom. The highest BCUT2D eigenvalue weighted by Gasteiger charge is 2.11. The first-order valence-corrected chi connectivity index (χ1v) is 5.95. The number of rotatable bonds is 5. The SMILES string of the molecule is NC(=Nc1ccccc1C(=O)O)c1ncccc1NC=O. The van der Waals surface area contributed by atoms with Crippen molar-refractivity contribution in [3.8, 4) is 0 Å². The third-order valence-electron chi connectivity index (χ3n) is 2.64. The molecule has 2 aromatic rings. The van der Waals surface area contributed by atoms with Gasteiger partial charge in [0.2, 0.25) is 6.41 Å². The van der Waals surface area contributed by atoms with Gasteiger partial charge in [-0.3, -0.25) is 9.78 Å². The predicted molar refractivity (Wildman–Crippen MR) is 77.7 cm³/mol. The molecule has 7 heteroatoms. The molecule has 21 heavy (non-hydrogen) atoms. The number of pyridine rings is 1. The van der Waals surface area contributed by atoms with E-state index >= 15 is 0 Å². The lowest BCUT2D eigenvalue weighted by molar-refractivity contribution is -0.105. The van der Waals surface area contributed by atoms with Gasteiger partial charge >= 0.3 is 5.97 Å². The maximum absolute atomic E-state index is 11.1. The van der Waals surface area contributed by atoms with Gasteiger partial charge in [0.15, 0.2) is 5.84 Å². The van der Waals surface area contributed by atoms with Crippen LogP contribution < -0.4 is 11.1 Å². The van der Waals surface area contributed by atoms with Crippen molar-refractivity contribution in [2.75, 3.05) is 5.32 Å². The van der Waals surface area contributed by atoms with Crippen LogP contribution in [-0.2, 0) is 4.79 Å². The van der Waals surface area contributed by atoms with Gasteiger partial charge in [0.1, 0.15) is 5.69 Å². The number of amides is 1. The average molecular weight is 284 g/mol. The molecule has 0 atom stereocenters. The van der Waals surface area contributed by atoms with Gasteiger partial charge in [-0.05, 0) is 24.3 Å². The predicted octanol–water partition coefficient (Wildman–Crippen LogP) is 1.39. The van der Waals surface area contributed by atoms with Crippen LogP contribution in [0.2, 0.25) is 0 Å². The van der Waals surface area contributed by atoms with Crippen molar-refractivity contribution < 1.29 is 14.7 Å². The molecule has 0 unspecified atom stereocenters. The molecule has 4 N–H and O–H groups in total. The summed E-state index contributed by atoms with van der Waals surface area (Å²) in [6.07, 6.45) is 2.00. The maximum atomic E-state index is 11.1. The Morgan fingerprint density at radius 2 is 2.05 bits per heavy atom. The molecular formula is C14H12N4O3. The molecule has 0 fully saturated rings. The lowest BCUT2D eigenvalue weighted by Crippen LogP contribution is -2.17. The second kappa shape index (κ2) is 6.29. The number of nitrogens with one attached hydrogen (secondary N) is 1. The van der Waals surface area contributed by atoms with Gasteiger partial charge in [0.25, 0.3) is 0 Å². The monoisotopic (exact) mass is 284 g/mol. The second-order valence-corrected chi connectivity index (χ2v) is 3.98. The molecule has 1 amide bonds. The van der Waals surface area contributed by atoms with E-state index in [1.165, 1.54) is 18.3 Å². The number of aromatic nitrogens is 1. The number of para-hydroxylation sites is 1. The first-order valence-electron chi connectivity index (χ1n) is 5.95. The number of hydrogen-bond acceptors (Lipinski definition) is 4. The number of carbonyl (C=O) groups is 2. The van der Waals surface area contributed by atoms with E-state index in [-0.39, 0.29) is 22.8 Å². The molecule has 1 aromatic carbocycles. The van der Waals surface area contributed by atoms with Crippen LogP contribution in [0.3, 0.4) is 0 Å². The van der Waals surface area contributed by atoms with Crippen molar-refractivity contribution >= 4 is 29.6 Å². The Labute approximate surface area is 120 Å². The third-order valence-corrected chi connectivity index (χ3v) is 2.64. The molecule has 0 radical (unpaired) electrons. The van der Waals surface area contributed by atoms with E-state index in [1.807, 2.05) is 0 Å². The number of aromatic carboxylic acids is 1. The molecule has 0 aliphatic heterocycles. The number of carboxylic acids is 1. The van der Waals surface area contributed by atoms with Gasteiger partial charge in [-0.15, -0.1) is 0 Å². The molecule has 0 aliphatic rings. The highest BCUT2D eigenvalue weighted by atomic mass is 16.4. The normalized spacial score (nSPS) is 11.0. The summed E-state index contributed by atoms with van der Waals surface area (Å²) < 4.78 is 0. The van der Waals surface area contributed by atoms with Crippen LogP contribution in [0.4, 0.5) is 11.4 Å². The zero-order valence-corrected chi connectivity index (χ0v) is 10.9. The largest absolute Gasteiger partial charge is 0.478 e. The molecule has 0 saturated carbocycles. The van der Waals surface area contributed by atoms with Crippen molar-refractivity contribution in [3.05, 3.63) is 53.9 Å². The summed E-state index contributed by atoms with van der Waals surface area (Å²) >= 11 is 0. The number of nitrogens with two attached hydrogens (primary N) is 1. The van der Waals surface area contributed by atoms with E-state index in [4.69, 9.17) is 10.8 Å². The molecule has 0 aliphatic carbocycles. The number of carboxylic acid groups (broad SMARTS) is 1. The number of anilines is 1. The molecular weight excluding hydrogens is 272 g/mol. The Kier molecular flexibility index (Phi) is 4.25. The fraction of sp³-hybridized carbons (Fsp3) is 0. The molecule has 2 rings (SSSR count). The lowest BCUT2D eigenvalue weighted by atomic mass is 10.2. The molecule has 106 valence electrons. The highest BCUT2D eigenvalue weighted by Crippen LogP contribution is 2.20. The zero-order valence-electron chi connectivity index (χ0n) is 10.9. The van der Waals surface area contributed by atoms with Crippen molar-refractivity contribution in [1.29, 1.82) is 0 Å². The standard InChI is InChI=1S/C14H12N4O3/c15-13(12-11(17-8-19)6-3-7-16-12)18-10-5-2-1-4-9(10)14(20)21/h1-8H,(H2,15,18)(H,17,19)(H,20,21). The van der Waals surface area contributed by atoms with Crippen LogP contribution in [0.15, 0.2) is 47.6 Å². The molecule has 0 spiro atoms. The lowest BCUT2D eigenvalue weighted by Gasteiger charge is -2.07. The van der Waals surface area contributed by atoms with Crippen molar-refractivity contribution in [3.63, 3.8) is 0 Å². The number of hydrogen-bond donors (Lipinski definition) is 3. The van der Waals surface area contributed by atoms with Gasteiger partial charge in [-0.25, -0.2) is 9.79 Å². The van der Waals surface area contributed by atoms with Crippen LogP contribution >= 0.6 is 0 Å². The summed E-state index contributed by atoms with van der Waals surface area (Å²) in [4.78, 5) is 29.8. The quantitative estimate of drug-likeness (QED) is 0.435. The van der Waals surface area contributed by atoms with E-state index in [0.717, 1.165) is 0 Å². The van der Waals surface area contributed by atoms with Gasteiger partial charge < -0.3 is 16.2 Å². The number of nitrogens with zero attached hydrogens (tertiary/aromatic N) is 2. The van der Waals surface area contributed by atoms with E-state index in [1.54, 1.807) is 24.3 Å². The average Bonchev–Trinajstić information content (AvgIpc) is 2.48. The van der Waals surface area contributed by atoms with Crippen LogP contribution in [-0.4, -0.2) is 28.3 Å². The molecule has 1 heterocycles. The first-order chi connectivity index (χ1) is 10.1. The second-order valence-electron chi connectivity index (χ2n) is 3.98. The van der Waals surface area contributed by atoms with E-state index in [2.05, 4.69) is 15.3 Å². The van der Waals surface area contributed by atoms with Crippen molar-refractivity contribution in [2.24, 2.45) is 10.7 Å². The molecule has 1 aromatic heterocycles. The van der Waals surface area contributed by atoms with Crippen LogP contribution in [0.1, 0.15) is 16.1 Å². The van der Waals surface area contributed by atoms with Crippen LogP contribution in [0.5, 0.6) is 0 Å². The van der Waals surface area contributed by atoms with E-state index < -0.39 is 5.97 Å². The molecule has 7 nitrogen and oxygen atoms in total. The Bertz CT molecular complexity index is 713. The number of carbonyl (C=O) groups excluding carboxylic acids is 1. The summed E-state index contributed by atoms with van der Waals surface area (Å²) in [5.41, 5.74) is 6.77. The van der Waals surface area contributed by atoms with E-state index in [9.17, 15) is 9.59 Å². The summed E-state index contributed by atoms with van der Waals surface area (Å²) in [5.74, 6) is -1.09. The third kappa shape index (κ3) is 3.21. The summed E-state index contributed by atoms with van der Waals surface area (Å²) in [6.45, 7) is 0. The molecule has 0 bridgehead atoms. The summed E-state index contributed by atoms with van der Waals surface area (Å²) in [7, 11) is 0. The number of amidine groups is 1. The van der Waals surface area contributed by atoms with Crippen LogP contribution in [0.25, 0.3) is 0 Å². The van der Waals surface area contributed by atoms with Gasteiger partial charge in [0.05, 0.1) is 16.9 Å².